The Morgan fingerprint density at radius 2 is 1.40 bits per heavy atom. The van der Waals surface area contributed by atoms with Crippen LogP contribution >= 0.6 is 0 Å². The quantitative estimate of drug-likeness (QED) is 0.192. The highest BCUT2D eigenvalue weighted by atomic mass is 32.2. The molecule has 0 aliphatic heterocycles. The SMILES string of the molecule is COc1cc(-c2ccc(NC(=O)C(F)(F)F)cc2)c(OC)c(OS(C)(=O)=O)c1-c1ccc(OCC=C(C)C)c(OS(C)(=O)=O)c1. The lowest BCUT2D eigenvalue weighted by Crippen LogP contribution is -2.29. The average molecular weight is 674 g/mol. The summed E-state index contributed by atoms with van der Waals surface area (Å²) < 4.78 is 114. The number of allylic oxidation sites excluding steroid dienone is 1. The zero-order valence-corrected chi connectivity index (χ0v) is 26.6. The second-order valence-electron chi connectivity index (χ2n) is 9.72. The van der Waals surface area contributed by atoms with Gasteiger partial charge in [0, 0.05) is 11.3 Å². The number of carbonyl (C=O) groups excluding carboxylic acids is 1. The Morgan fingerprint density at radius 3 is 1.91 bits per heavy atom. The fourth-order valence-electron chi connectivity index (χ4n) is 3.94. The first-order valence-corrected chi connectivity index (χ1v) is 16.4. The van der Waals surface area contributed by atoms with Gasteiger partial charge in [0.15, 0.2) is 23.0 Å². The number of rotatable bonds is 12. The van der Waals surface area contributed by atoms with Gasteiger partial charge < -0.3 is 27.9 Å². The third kappa shape index (κ3) is 9.52. The minimum absolute atomic E-state index is 0.0341. The molecule has 0 saturated heterocycles. The van der Waals surface area contributed by atoms with E-state index in [1.54, 1.807) is 11.4 Å². The van der Waals surface area contributed by atoms with Crippen molar-refractivity contribution >= 4 is 31.8 Å². The van der Waals surface area contributed by atoms with Crippen LogP contribution in [0.1, 0.15) is 13.8 Å². The van der Waals surface area contributed by atoms with Gasteiger partial charge in [-0.25, -0.2) is 0 Å². The zero-order chi connectivity index (χ0) is 33.7. The maximum atomic E-state index is 12.7. The van der Waals surface area contributed by atoms with E-state index in [2.05, 4.69) is 0 Å². The van der Waals surface area contributed by atoms with E-state index in [4.69, 9.17) is 22.6 Å². The molecule has 0 fully saturated rings. The zero-order valence-electron chi connectivity index (χ0n) is 24.9. The Morgan fingerprint density at radius 1 is 0.800 bits per heavy atom. The van der Waals surface area contributed by atoms with Crippen LogP contribution in [0.2, 0.25) is 0 Å². The Balaban J connectivity index is 2.26. The number of benzene rings is 3. The van der Waals surface area contributed by atoms with Crippen LogP contribution in [-0.4, -0.2) is 62.3 Å². The van der Waals surface area contributed by atoms with Gasteiger partial charge in [-0.05, 0) is 61.4 Å². The Hall–Kier alpha value is -4.44. The Labute approximate surface area is 258 Å². The van der Waals surface area contributed by atoms with E-state index in [9.17, 15) is 34.8 Å². The third-order valence-electron chi connectivity index (χ3n) is 5.77. The van der Waals surface area contributed by atoms with Crippen molar-refractivity contribution in [1.29, 1.82) is 0 Å². The summed E-state index contributed by atoms with van der Waals surface area (Å²) in [4.78, 5) is 11.3. The third-order valence-corrected chi connectivity index (χ3v) is 6.73. The second-order valence-corrected chi connectivity index (χ2v) is 12.9. The maximum absolute atomic E-state index is 12.7. The van der Waals surface area contributed by atoms with Crippen molar-refractivity contribution in [2.24, 2.45) is 0 Å². The molecule has 11 nitrogen and oxygen atoms in total. The summed E-state index contributed by atoms with van der Waals surface area (Å²) in [6.07, 6.45) is -1.69. The number of nitrogens with one attached hydrogen (secondary N) is 1. The Bertz CT molecular complexity index is 1820. The summed E-state index contributed by atoms with van der Waals surface area (Å²) in [6, 6.07) is 10.8. The van der Waals surface area contributed by atoms with Gasteiger partial charge >= 0.3 is 32.3 Å². The van der Waals surface area contributed by atoms with Crippen LogP contribution in [0.25, 0.3) is 22.3 Å². The molecule has 3 aromatic carbocycles. The summed E-state index contributed by atoms with van der Waals surface area (Å²) in [5.41, 5.74) is 1.56. The number of carbonyl (C=O) groups is 1. The van der Waals surface area contributed by atoms with Gasteiger partial charge in [0.1, 0.15) is 12.4 Å². The van der Waals surface area contributed by atoms with Gasteiger partial charge in [-0.1, -0.05) is 23.8 Å². The smallest absolute Gasteiger partial charge is 0.471 e. The van der Waals surface area contributed by atoms with E-state index < -0.39 is 32.3 Å². The summed E-state index contributed by atoms with van der Waals surface area (Å²) in [7, 11) is -5.72. The number of halogens is 3. The van der Waals surface area contributed by atoms with Crippen LogP contribution in [0.5, 0.6) is 28.7 Å². The van der Waals surface area contributed by atoms with Gasteiger partial charge in [-0.15, -0.1) is 0 Å². The molecule has 0 spiro atoms. The van der Waals surface area contributed by atoms with Crippen molar-refractivity contribution in [2.75, 3.05) is 38.7 Å². The van der Waals surface area contributed by atoms with Crippen molar-refractivity contribution in [3.05, 3.63) is 60.2 Å². The molecule has 0 aliphatic rings. The number of anilines is 1. The molecule has 0 radical (unpaired) electrons. The predicted molar refractivity (Wildman–Crippen MR) is 161 cm³/mol. The fourth-order valence-corrected chi connectivity index (χ4v) is 4.86. The van der Waals surface area contributed by atoms with Crippen molar-refractivity contribution < 1.29 is 57.4 Å². The highest BCUT2D eigenvalue weighted by Crippen LogP contribution is 2.51. The molecule has 16 heteroatoms. The van der Waals surface area contributed by atoms with Crippen LogP contribution in [0.4, 0.5) is 18.9 Å². The number of hydrogen-bond acceptors (Lipinski definition) is 10. The first-order valence-electron chi connectivity index (χ1n) is 12.8. The minimum atomic E-state index is -5.09. The van der Waals surface area contributed by atoms with Gasteiger partial charge in [0.05, 0.1) is 32.3 Å². The molecule has 45 heavy (non-hydrogen) atoms. The van der Waals surface area contributed by atoms with E-state index in [1.165, 1.54) is 62.8 Å². The summed E-state index contributed by atoms with van der Waals surface area (Å²) in [5, 5.41) is 1.74. The predicted octanol–water partition coefficient (Wildman–Crippen LogP) is 5.56. The summed E-state index contributed by atoms with van der Waals surface area (Å²) >= 11 is 0. The molecular weight excluding hydrogens is 643 g/mol. The monoisotopic (exact) mass is 673 g/mol. The van der Waals surface area contributed by atoms with Crippen LogP contribution in [0.15, 0.2) is 60.2 Å². The fraction of sp³-hybridized carbons (Fsp3) is 0.276. The number of alkyl halides is 3. The first-order chi connectivity index (χ1) is 20.8. The molecule has 1 amide bonds. The van der Waals surface area contributed by atoms with Crippen molar-refractivity contribution in [1.82, 2.24) is 0 Å². The lowest BCUT2D eigenvalue weighted by molar-refractivity contribution is -0.167. The van der Waals surface area contributed by atoms with E-state index in [0.29, 0.717) is 5.56 Å². The lowest BCUT2D eigenvalue weighted by Gasteiger charge is -2.21. The highest BCUT2D eigenvalue weighted by Gasteiger charge is 2.38. The van der Waals surface area contributed by atoms with Gasteiger partial charge in [-0.2, -0.15) is 30.0 Å². The van der Waals surface area contributed by atoms with E-state index in [-0.39, 0.29) is 57.7 Å². The molecule has 0 unspecified atom stereocenters. The molecule has 0 saturated carbocycles. The van der Waals surface area contributed by atoms with Gasteiger partial charge in [0.25, 0.3) is 0 Å². The second kappa shape index (κ2) is 13.7. The molecule has 0 aromatic heterocycles. The van der Waals surface area contributed by atoms with E-state index in [0.717, 1.165) is 18.1 Å². The number of amides is 1. The van der Waals surface area contributed by atoms with Crippen LogP contribution in [0.3, 0.4) is 0 Å². The molecule has 0 heterocycles. The van der Waals surface area contributed by atoms with E-state index in [1.807, 2.05) is 13.8 Å². The van der Waals surface area contributed by atoms with Crippen molar-refractivity contribution in [2.45, 2.75) is 20.0 Å². The summed E-state index contributed by atoms with van der Waals surface area (Å²) in [5.74, 6) is -2.70. The van der Waals surface area contributed by atoms with Gasteiger partial charge in [0.2, 0.25) is 0 Å². The molecule has 0 bridgehead atoms. The normalized spacial score (nSPS) is 11.8. The lowest BCUT2D eigenvalue weighted by atomic mass is 9.96. The number of ether oxygens (including phenoxy) is 3. The molecule has 0 aliphatic carbocycles. The minimum Gasteiger partial charge on any atom is -0.496 e. The van der Waals surface area contributed by atoms with Crippen molar-refractivity contribution in [3.63, 3.8) is 0 Å². The molecule has 3 rings (SSSR count). The topological polar surface area (TPSA) is 144 Å². The largest absolute Gasteiger partial charge is 0.496 e. The van der Waals surface area contributed by atoms with Gasteiger partial charge in [-0.3, -0.25) is 4.79 Å². The molecule has 0 atom stereocenters. The van der Waals surface area contributed by atoms with Crippen LogP contribution in [0, 0.1) is 0 Å². The molecule has 244 valence electrons. The Kier molecular flexibility index (Phi) is 10.7. The van der Waals surface area contributed by atoms with Crippen LogP contribution < -0.4 is 27.9 Å². The van der Waals surface area contributed by atoms with Crippen LogP contribution in [-0.2, 0) is 25.0 Å². The van der Waals surface area contributed by atoms with E-state index >= 15 is 0 Å². The molecule has 1 N–H and O–H groups in total. The first kappa shape index (κ1) is 35.0. The van der Waals surface area contributed by atoms with Crippen molar-refractivity contribution in [3.8, 4) is 51.0 Å². The number of hydrogen-bond donors (Lipinski definition) is 1. The standard InChI is InChI=1S/C29H30F3NO10S2/c1-17(2)13-14-41-22-12-9-19(15-23(22)42-44(5,35)36)25-24(39-3)16-21(26(40-4)27(25)43-45(6,37)38)18-7-10-20(11-8-18)33-28(34)29(30,31)32/h7-13,15-16H,14H2,1-6H3,(H,33,34). The maximum Gasteiger partial charge on any atom is 0.471 e. The molecule has 3 aromatic rings. The summed E-state index contributed by atoms with van der Waals surface area (Å²) in [6.45, 7) is 3.81. The average Bonchev–Trinajstić information content (AvgIpc) is 2.91. The number of methoxy groups -OCH3 is 2. The highest BCUT2D eigenvalue weighted by molar-refractivity contribution is 7.86. The molecular formula is C29H30F3NO10S2.